The molecule has 1 saturated carbocycles. The summed E-state index contributed by atoms with van der Waals surface area (Å²) in [6.07, 6.45) is 8.16. The van der Waals surface area contributed by atoms with Crippen LogP contribution in [0.5, 0.6) is 0 Å². The van der Waals surface area contributed by atoms with E-state index in [1.807, 2.05) is 0 Å². The summed E-state index contributed by atoms with van der Waals surface area (Å²) in [5.74, 6) is 0.853. The van der Waals surface area contributed by atoms with Crippen LogP contribution in [0.2, 0.25) is 0 Å². The molecule has 12 heavy (non-hydrogen) atoms. The van der Waals surface area contributed by atoms with Crippen LogP contribution in [0.3, 0.4) is 0 Å². The monoisotopic (exact) mass is 169 g/mol. The van der Waals surface area contributed by atoms with Gasteiger partial charge in [-0.2, -0.15) is 0 Å². The third-order valence-corrected chi connectivity index (χ3v) is 3.07. The molecule has 0 aromatic carbocycles. The van der Waals surface area contributed by atoms with Gasteiger partial charge in [-0.1, -0.05) is 0 Å². The van der Waals surface area contributed by atoms with Crippen LogP contribution in [0.25, 0.3) is 0 Å². The van der Waals surface area contributed by atoms with E-state index in [1.165, 1.54) is 38.5 Å². The van der Waals surface area contributed by atoms with Crippen molar-refractivity contribution >= 4 is 0 Å². The summed E-state index contributed by atoms with van der Waals surface area (Å²) in [5, 5.41) is 0. The maximum absolute atomic E-state index is 6.00. The van der Waals surface area contributed by atoms with Crippen LogP contribution in [0.1, 0.15) is 38.5 Å². The Balaban J connectivity index is 1.60. The molecule has 0 bridgehead atoms. The standard InChI is InChI=1S/C10H19NO/c11-10(8-3-4-8)6-5-9-2-1-7-12-9/h8-10H,1-7,11H2. The minimum absolute atomic E-state index is 0.467. The summed E-state index contributed by atoms with van der Waals surface area (Å²) in [6.45, 7) is 0.976. The fourth-order valence-electron chi connectivity index (χ4n) is 2.01. The predicted molar refractivity (Wildman–Crippen MR) is 48.9 cm³/mol. The Morgan fingerprint density at radius 1 is 1.33 bits per heavy atom. The van der Waals surface area contributed by atoms with Crippen molar-refractivity contribution < 1.29 is 4.74 Å². The summed E-state index contributed by atoms with van der Waals surface area (Å²) in [4.78, 5) is 0. The van der Waals surface area contributed by atoms with Crippen LogP contribution in [-0.4, -0.2) is 18.8 Å². The second-order valence-corrected chi connectivity index (χ2v) is 4.21. The third-order valence-electron chi connectivity index (χ3n) is 3.07. The van der Waals surface area contributed by atoms with Gasteiger partial charge in [-0.25, -0.2) is 0 Å². The zero-order valence-corrected chi connectivity index (χ0v) is 7.67. The SMILES string of the molecule is NC(CCC1CCCO1)C1CC1. The van der Waals surface area contributed by atoms with Gasteiger partial charge >= 0.3 is 0 Å². The molecular formula is C10H19NO. The van der Waals surface area contributed by atoms with Crippen LogP contribution in [0.4, 0.5) is 0 Å². The largest absolute Gasteiger partial charge is 0.378 e. The molecule has 1 saturated heterocycles. The molecule has 1 aliphatic heterocycles. The lowest BCUT2D eigenvalue weighted by molar-refractivity contribution is 0.100. The van der Waals surface area contributed by atoms with Crippen molar-refractivity contribution in [3.8, 4) is 0 Å². The fraction of sp³-hybridized carbons (Fsp3) is 1.00. The van der Waals surface area contributed by atoms with Gasteiger partial charge in [0.15, 0.2) is 0 Å². The van der Waals surface area contributed by atoms with E-state index in [0.29, 0.717) is 12.1 Å². The normalized spacial score (nSPS) is 32.2. The molecule has 2 N–H and O–H groups in total. The fourth-order valence-corrected chi connectivity index (χ4v) is 2.01. The summed E-state index contributed by atoms with van der Waals surface area (Å²) in [6, 6.07) is 0.467. The number of nitrogens with two attached hydrogens (primary N) is 1. The van der Waals surface area contributed by atoms with Gasteiger partial charge in [-0.05, 0) is 44.4 Å². The van der Waals surface area contributed by atoms with Gasteiger partial charge < -0.3 is 10.5 Å². The molecule has 70 valence electrons. The summed E-state index contributed by atoms with van der Waals surface area (Å²) >= 11 is 0. The van der Waals surface area contributed by atoms with Crippen molar-refractivity contribution in [2.45, 2.75) is 50.7 Å². The van der Waals surface area contributed by atoms with Crippen LogP contribution in [0.15, 0.2) is 0 Å². The van der Waals surface area contributed by atoms with Crippen LogP contribution < -0.4 is 5.73 Å². The zero-order valence-electron chi connectivity index (χ0n) is 7.67. The molecule has 0 aromatic rings. The van der Waals surface area contributed by atoms with Crippen LogP contribution in [-0.2, 0) is 4.74 Å². The van der Waals surface area contributed by atoms with Crippen LogP contribution >= 0.6 is 0 Å². The van der Waals surface area contributed by atoms with Crippen molar-refractivity contribution in [2.75, 3.05) is 6.61 Å². The van der Waals surface area contributed by atoms with Crippen molar-refractivity contribution in [3.63, 3.8) is 0 Å². The maximum atomic E-state index is 6.00. The molecule has 0 radical (unpaired) electrons. The van der Waals surface area contributed by atoms with Gasteiger partial charge in [0.1, 0.15) is 0 Å². The average molecular weight is 169 g/mol. The lowest BCUT2D eigenvalue weighted by atomic mass is 10.0. The summed E-state index contributed by atoms with van der Waals surface area (Å²) in [7, 11) is 0. The van der Waals surface area contributed by atoms with Crippen molar-refractivity contribution in [1.29, 1.82) is 0 Å². The average Bonchev–Trinajstić information content (AvgIpc) is 2.80. The maximum Gasteiger partial charge on any atom is 0.0576 e. The molecule has 0 spiro atoms. The van der Waals surface area contributed by atoms with E-state index in [1.54, 1.807) is 0 Å². The van der Waals surface area contributed by atoms with E-state index in [-0.39, 0.29) is 0 Å². The molecule has 0 amide bonds. The molecule has 2 rings (SSSR count). The highest BCUT2D eigenvalue weighted by atomic mass is 16.5. The molecule has 0 aromatic heterocycles. The molecule has 2 heteroatoms. The van der Waals surface area contributed by atoms with Crippen LogP contribution in [0, 0.1) is 5.92 Å². The van der Waals surface area contributed by atoms with Gasteiger partial charge in [-0.3, -0.25) is 0 Å². The van der Waals surface area contributed by atoms with Gasteiger partial charge in [0.05, 0.1) is 6.10 Å². The van der Waals surface area contributed by atoms with Crippen molar-refractivity contribution in [1.82, 2.24) is 0 Å². The quantitative estimate of drug-likeness (QED) is 0.695. The van der Waals surface area contributed by atoms with Crippen molar-refractivity contribution in [2.24, 2.45) is 11.7 Å². The first-order chi connectivity index (χ1) is 5.86. The summed E-state index contributed by atoms with van der Waals surface area (Å²) < 4.78 is 5.55. The highest BCUT2D eigenvalue weighted by molar-refractivity contribution is 4.84. The lowest BCUT2D eigenvalue weighted by Gasteiger charge is -2.13. The topological polar surface area (TPSA) is 35.2 Å². The third kappa shape index (κ3) is 2.20. The molecular weight excluding hydrogens is 150 g/mol. The number of rotatable bonds is 4. The molecule has 1 heterocycles. The first-order valence-electron chi connectivity index (χ1n) is 5.23. The van der Waals surface area contributed by atoms with Gasteiger partial charge in [0.25, 0.3) is 0 Å². The van der Waals surface area contributed by atoms with E-state index < -0.39 is 0 Å². The molecule has 2 fully saturated rings. The first-order valence-corrected chi connectivity index (χ1v) is 5.23. The highest BCUT2D eigenvalue weighted by Gasteiger charge is 2.29. The lowest BCUT2D eigenvalue weighted by Crippen LogP contribution is -2.24. The number of ether oxygens (including phenoxy) is 1. The molecule has 2 nitrogen and oxygen atoms in total. The number of hydrogen-bond acceptors (Lipinski definition) is 2. The van der Waals surface area contributed by atoms with E-state index in [2.05, 4.69) is 0 Å². The predicted octanol–water partition coefficient (Wildman–Crippen LogP) is 1.68. The second kappa shape index (κ2) is 3.75. The smallest absolute Gasteiger partial charge is 0.0576 e. The Morgan fingerprint density at radius 3 is 2.75 bits per heavy atom. The Bertz CT molecular complexity index is 137. The molecule has 2 unspecified atom stereocenters. The highest BCUT2D eigenvalue weighted by Crippen LogP contribution is 2.34. The number of hydrogen-bond donors (Lipinski definition) is 1. The Labute approximate surface area is 74.5 Å². The first kappa shape index (κ1) is 8.52. The molecule has 1 aliphatic carbocycles. The van der Waals surface area contributed by atoms with E-state index in [0.717, 1.165) is 12.5 Å². The van der Waals surface area contributed by atoms with E-state index in [9.17, 15) is 0 Å². The van der Waals surface area contributed by atoms with Gasteiger partial charge in [-0.15, -0.1) is 0 Å². The van der Waals surface area contributed by atoms with Gasteiger partial charge in [0.2, 0.25) is 0 Å². The van der Waals surface area contributed by atoms with E-state index in [4.69, 9.17) is 10.5 Å². The zero-order chi connectivity index (χ0) is 8.39. The second-order valence-electron chi connectivity index (χ2n) is 4.21. The summed E-state index contributed by atoms with van der Waals surface area (Å²) in [5.41, 5.74) is 6.00. The minimum atomic E-state index is 0.467. The van der Waals surface area contributed by atoms with E-state index >= 15 is 0 Å². The van der Waals surface area contributed by atoms with Crippen molar-refractivity contribution in [3.05, 3.63) is 0 Å². The molecule has 2 atom stereocenters. The minimum Gasteiger partial charge on any atom is -0.378 e. The Morgan fingerprint density at radius 2 is 2.17 bits per heavy atom. The molecule has 2 aliphatic rings. The Kier molecular flexibility index (Phi) is 2.66. The van der Waals surface area contributed by atoms with Gasteiger partial charge in [0, 0.05) is 12.6 Å². The Hall–Kier alpha value is -0.0800.